The SMILES string of the molecule is COc1ccccc1-c1ccc(C(N)=O)cn1. The van der Waals surface area contributed by atoms with E-state index < -0.39 is 5.91 Å². The van der Waals surface area contributed by atoms with E-state index in [1.165, 1.54) is 6.20 Å². The Labute approximate surface area is 99.1 Å². The predicted molar refractivity (Wildman–Crippen MR) is 64.7 cm³/mol. The molecule has 0 spiro atoms. The third-order valence-electron chi connectivity index (χ3n) is 2.43. The molecule has 86 valence electrons. The number of amides is 1. The van der Waals surface area contributed by atoms with Crippen molar-refractivity contribution < 1.29 is 9.53 Å². The lowest BCUT2D eigenvalue weighted by Crippen LogP contribution is -2.10. The Morgan fingerprint density at radius 1 is 1.24 bits per heavy atom. The second kappa shape index (κ2) is 4.65. The number of methoxy groups -OCH3 is 1. The van der Waals surface area contributed by atoms with Crippen molar-refractivity contribution in [2.45, 2.75) is 0 Å². The maximum absolute atomic E-state index is 10.9. The van der Waals surface area contributed by atoms with Crippen LogP contribution in [0.1, 0.15) is 10.4 Å². The molecule has 0 aliphatic heterocycles. The summed E-state index contributed by atoms with van der Waals surface area (Å²) in [5.41, 5.74) is 7.17. The minimum absolute atomic E-state index is 0.392. The molecule has 17 heavy (non-hydrogen) atoms. The first-order valence-electron chi connectivity index (χ1n) is 5.11. The van der Waals surface area contributed by atoms with E-state index in [0.29, 0.717) is 5.56 Å². The van der Waals surface area contributed by atoms with Crippen molar-refractivity contribution in [3.8, 4) is 17.0 Å². The van der Waals surface area contributed by atoms with Gasteiger partial charge in [0.15, 0.2) is 0 Å². The molecule has 4 heteroatoms. The van der Waals surface area contributed by atoms with Gasteiger partial charge in [0.1, 0.15) is 5.75 Å². The number of nitrogens with two attached hydrogens (primary N) is 1. The summed E-state index contributed by atoms with van der Waals surface area (Å²) in [6, 6.07) is 11.0. The molecule has 0 radical (unpaired) electrons. The molecule has 1 aromatic carbocycles. The van der Waals surface area contributed by atoms with Crippen molar-refractivity contribution in [3.63, 3.8) is 0 Å². The molecule has 0 atom stereocenters. The third-order valence-corrected chi connectivity index (χ3v) is 2.43. The van der Waals surface area contributed by atoms with Crippen molar-refractivity contribution >= 4 is 5.91 Å². The molecule has 1 heterocycles. The average Bonchev–Trinajstić information content (AvgIpc) is 2.39. The van der Waals surface area contributed by atoms with Crippen LogP contribution >= 0.6 is 0 Å². The Balaban J connectivity index is 2.43. The zero-order valence-corrected chi connectivity index (χ0v) is 9.38. The highest BCUT2D eigenvalue weighted by molar-refractivity contribution is 5.92. The Morgan fingerprint density at radius 3 is 2.59 bits per heavy atom. The summed E-state index contributed by atoms with van der Waals surface area (Å²) in [5, 5.41) is 0. The molecule has 0 saturated heterocycles. The van der Waals surface area contributed by atoms with Crippen molar-refractivity contribution in [2.24, 2.45) is 5.73 Å². The number of hydrogen-bond acceptors (Lipinski definition) is 3. The molecule has 4 nitrogen and oxygen atoms in total. The van der Waals surface area contributed by atoms with Gasteiger partial charge in [-0.15, -0.1) is 0 Å². The highest BCUT2D eigenvalue weighted by Gasteiger charge is 2.07. The number of hydrogen-bond donors (Lipinski definition) is 1. The molecule has 0 fully saturated rings. The standard InChI is InChI=1S/C13H12N2O2/c1-17-12-5-3-2-4-10(12)11-7-6-9(8-15-11)13(14)16/h2-8H,1H3,(H2,14,16). The second-order valence-corrected chi connectivity index (χ2v) is 3.50. The lowest BCUT2D eigenvalue weighted by molar-refractivity contribution is 0.1000. The van der Waals surface area contributed by atoms with Crippen LogP contribution in [0, 0.1) is 0 Å². The summed E-state index contributed by atoms with van der Waals surface area (Å²) in [6.07, 6.45) is 1.46. The van der Waals surface area contributed by atoms with Crippen molar-refractivity contribution in [1.29, 1.82) is 0 Å². The number of primary amides is 1. The van der Waals surface area contributed by atoms with E-state index in [1.807, 2.05) is 24.3 Å². The van der Waals surface area contributed by atoms with Crippen LogP contribution in [0.4, 0.5) is 0 Å². The topological polar surface area (TPSA) is 65.2 Å². The fraction of sp³-hybridized carbons (Fsp3) is 0.0769. The molecule has 0 aliphatic rings. The van der Waals surface area contributed by atoms with Gasteiger partial charge in [-0.05, 0) is 24.3 Å². The van der Waals surface area contributed by atoms with Crippen molar-refractivity contribution in [3.05, 3.63) is 48.2 Å². The Hall–Kier alpha value is -2.36. The predicted octanol–water partition coefficient (Wildman–Crippen LogP) is 1.86. The molecule has 2 N–H and O–H groups in total. The van der Waals surface area contributed by atoms with E-state index in [1.54, 1.807) is 19.2 Å². The molecule has 1 aromatic heterocycles. The van der Waals surface area contributed by atoms with Gasteiger partial charge in [0.25, 0.3) is 0 Å². The Bertz CT molecular complexity index is 535. The summed E-state index contributed by atoms with van der Waals surface area (Å²) in [6.45, 7) is 0. The Kier molecular flexibility index (Phi) is 3.05. The van der Waals surface area contributed by atoms with Crippen molar-refractivity contribution in [1.82, 2.24) is 4.98 Å². The van der Waals surface area contributed by atoms with E-state index in [0.717, 1.165) is 17.0 Å². The maximum Gasteiger partial charge on any atom is 0.250 e. The van der Waals surface area contributed by atoms with Crippen LogP contribution in [0.15, 0.2) is 42.6 Å². The molecule has 2 rings (SSSR count). The number of nitrogens with zero attached hydrogens (tertiary/aromatic N) is 1. The first-order valence-corrected chi connectivity index (χ1v) is 5.11. The highest BCUT2D eigenvalue weighted by atomic mass is 16.5. The fourth-order valence-electron chi connectivity index (χ4n) is 1.56. The van der Waals surface area contributed by atoms with Crippen LogP contribution in [0.5, 0.6) is 5.75 Å². The molecule has 0 bridgehead atoms. The van der Waals surface area contributed by atoms with Crippen LogP contribution in [0.25, 0.3) is 11.3 Å². The lowest BCUT2D eigenvalue weighted by atomic mass is 10.1. The largest absolute Gasteiger partial charge is 0.496 e. The van der Waals surface area contributed by atoms with Crippen LogP contribution in [-0.2, 0) is 0 Å². The monoisotopic (exact) mass is 228 g/mol. The van der Waals surface area contributed by atoms with Gasteiger partial charge in [0, 0.05) is 11.8 Å². The minimum Gasteiger partial charge on any atom is -0.496 e. The second-order valence-electron chi connectivity index (χ2n) is 3.50. The molecular formula is C13H12N2O2. The van der Waals surface area contributed by atoms with Gasteiger partial charge >= 0.3 is 0 Å². The van der Waals surface area contributed by atoms with Crippen molar-refractivity contribution in [2.75, 3.05) is 7.11 Å². The van der Waals surface area contributed by atoms with Gasteiger partial charge in [0.05, 0.1) is 18.4 Å². The van der Waals surface area contributed by atoms with E-state index in [4.69, 9.17) is 10.5 Å². The Morgan fingerprint density at radius 2 is 2.00 bits per heavy atom. The van der Waals surface area contributed by atoms with Gasteiger partial charge in [-0.2, -0.15) is 0 Å². The smallest absolute Gasteiger partial charge is 0.250 e. The van der Waals surface area contributed by atoms with Gasteiger partial charge < -0.3 is 10.5 Å². The number of carbonyl (C=O) groups excluding carboxylic acids is 1. The normalized spacial score (nSPS) is 9.94. The van der Waals surface area contributed by atoms with Gasteiger partial charge in [-0.1, -0.05) is 12.1 Å². The molecule has 0 aliphatic carbocycles. The average molecular weight is 228 g/mol. The van der Waals surface area contributed by atoms with Gasteiger partial charge in [-0.25, -0.2) is 0 Å². The highest BCUT2D eigenvalue weighted by Crippen LogP contribution is 2.27. The number of benzene rings is 1. The molecule has 0 saturated carbocycles. The van der Waals surface area contributed by atoms with Gasteiger partial charge in [-0.3, -0.25) is 9.78 Å². The first-order chi connectivity index (χ1) is 8.22. The number of carbonyl (C=O) groups is 1. The first kappa shape index (κ1) is 11.1. The molecule has 1 amide bonds. The minimum atomic E-state index is -0.482. The number of aromatic nitrogens is 1. The third kappa shape index (κ3) is 2.25. The molecule has 0 unspecified atom stereocenters. The van der Waals surface area contributed by atoms with Gasteiger partial charge in [0.2, 0.25) is 5.91 Å². The quantitative estimate of drug-likeness (QED) is 0.871. The summed E-state index contributed by atoms with van der Waals surface area (Å²) < 4.78 is 5.25. The molecule has 2 aromatic rings. The lowest BCUT2D eigenvalue weighted by Gasteiger charge is -2.07. The van der Waals surface area contributed by atoms with E-state index in [-0.39, 0.29) is 0 Å². The van der Waals surface area contributed by atoms with E-state index in [9.17, 15) is 4.79 Å². The number of rotatable bonds is 3. The van der Waals surface area contributed by atoms with E-state index in [2.05, 4.69) is 4.98 Å². The maximum atomic E-state index is 10.9. The summed E-state index contributed by atoms with van der Waals surface area (Å²) >= 11 is 0. The van der Waals surface area contributed by atoms with Crippen LogP contribution < -0.4 is 10.5 Å². The summed E-state index contributed by atoms with van der Waals surface area (Å²) in [4.78, 5) is 15.1. The molecular weight excluding hydrogens is 216 g/mol. The fourth-order valence-corrected chi connectivity index (χ4v) is 1.56. The summed E-state index contributed by atoms with van der Waals surface area (Å²) in [7, 11) is 1.61. The zero-order chi connectivity index (χ0) is 12.3. The van der Waals surface area contributed by atoms with Crippen LogP contribution in [-0.4, -0.2) is 18.0 Å². The number of pyridine rings is 1. The summed E-state index contributed by atoms with van der Waals surface area (Å²) in [5.74, 6) is 0.260. The zero-order valence-electron chi connectivity index (χ0n) is 9.38. The van der Waals surface area contributed by atoms with Crippen LogP contribution in [0.2, 0.25) is 0 Å². The van der Waals surface area contributed by atoms with Crippen LogP contribution in [0.3, 0.4) is 0 Å². The number of ether oxygens (including phenoxy) is 1. The van der Waals surface area contributed by atoms with E-state index >= 15 is 0 Å². The number of para-hydroxylation sites is 1.